The second-order valence-electron chi connectivity index (χ2n) is 6.72. The number of aromatic amines is 1. The van der Waals surface area contributed by atoms with Crippen LogP contribution in [0.4, 0.5) is 4.39 Å². The molecule has 0 aliphatic carbocycles. The van der Waals surface area contributed by atoms with E-state index in [1.54, 1.807) is 0 Å². The Morgan fingerprint density at radius 3 is 2.36 bits per heavy atom. The van der Waals surface area contributed by atoms with Gasteiger partial charge in [-0.05, 0) is 36.5 Å². The number of nitrogens with one attached hydrogen (secondary N) is 1. The van der Waals surface area contributed by atoms with Gasteiger partial charge in [0.2, 0.25) is 0 Å². The van der Waals surface area contributed by atoms with Gasteiger partial charge in [0, 0.05) is 11.8 Å². The Labute approximate surface area is 149 Å². The minimum absolute atomic E-state index is 0.317. The SMILES string of the molecule is CCCCCCCCCc1ccc(-c2c[nH]c(C(=O)O)c2F)c(C)c1. The molecule has 1 aromatic carbocycles. The number of benzene rings is 1. The number of halogens is 1. The standard InChI is InChI=1S/C21H28FNO2/c1-3-4-5-6-7-8-9-10-16-11-12-17(15(2)13-16)18-14-23-20(19(18)22)21(24)25/h11-14,23H,3-10H2,1-2H3,(H,24,25). The maximum absolute atomic E-state index is 14.2. The summed E-state index contributed by atoms with van der Waals surface area (Å²) in [5.74, 6) is -1.98. The van der Waals surface area contributed by atoms with E-state index in [0.29, 0.717) is 5.56 Å². The van der Waals surface area contributed by atoms with Crippen LogP contribution in [0.5, 0.6) is 0 Å². The van der Waals surface area contributed by atoms with Crippen molar-refractivity contribution in [3.63, 3.8) is 0 Å². The molecule has 0 atom stereocenters. The molecule has 0 aliphatic heterocycles. The minimum atomic E-state index is -1.28. The molecule has 136 valence electrons. The smallest absolute Gasteiger partial charge is 0.355 e. The molecule has 0 aliphatic rings. The van der Waals surface area contributed by atoms with Gasteiger partial charge in [0.25, 0.3) is 0 Å². The average molecular weight is 345 g/mol. The summed E-state index contributed by atoms with van der Waals surface area (Å²) in [4.78, 5) is 13.5. The van der Waals surface area contributed by atoms with Gasteiger partial charge >= 0.3 is 5.97 Å². The molecule has 0 spiro atoms. The molecule has 2 aromatic rings. The van der Waals surface area contributed by atoms with Crippen molar-refractivity contribution in [1.82, 2.24) is 4.98 Å². The third-order valence-electron chi connectivity index (χ3n) is 4.68. The summed E-state index contributed by atoms with van der Waals surface area (Å²) in [6, 6.07) is 6.00. The molecule has 1 heterocycles. The molecule has 2 N–H and O–H groups in total. The fourth-order valence-corrected chi connectivity index (χ4v) is 3.23. The van der Waals surface area contributed by atoms with Gasteiger partial charge in [0.05, 0.1) is 0 Å². The van der Waals surface area contributed by atoms with E-state index >= 15 is 0 Å². The van der Waals surface area contributed by atoms with Crippen LogP contribution in [0.25, 0.3) is 11.1 Å². The topological polar surface area (TPSA) is 53.1 Å². The summed E-state index contributed by atoms with van der Waals surface area (Å²) in [6.45, 7) is 4.17. The van der Waals surface area contributed by atoms with Crippen molar-refractivity contribution in [3.05, 3.63) is 47.0 Å². The second-order valence-corrected chi connectivity index (χ2v) is 6.72. The molecule has 3 nitrogen and oxygen atoms in total. The van der Waals surface area contributed by atoms with Crippen LogP contribution in [-0.4, -0.2) is 16.1 Å². The van der Waals surface area contributed by atoms with E-state index < -0.39 is 11.8 Å². The zero-order valence-corrected chi connectivity index (χ0v) is 15.2. The van der Waals surface area contributed by atoms with Crippen LogP contribution >= 0.6 is 0 Å². The van der Waals surface area contributed by atoms with E-state index in [-0.39, 0.29) is 5.69 Å². The lowest BCUT2D eigenvalue weighted by Crippen LogP contribution is -1.99. The zero-order chi connectivity index (χ0) is 18.2. The Morgan fingerprint density at radius 2 is 1.76 bits per heavy atom. The van der Waals surface area contributed by atoms with Crippen molar-refractivity contribution >= 4 is 5.97 Å². The van der Waals surface area contributed by atoms with Crippen molar-refractivity contribution in [2.45, 2.75) is 65.2 Å². The number of unbranched alkanes of at least 4 members (excludes halogenated alkanes) is 6. The molecule has 4 heteroatoms. The molecular weight excluding hydrogens is 317 g/mol. The lowest BCUT2D eigenvalue weighted by molar-refractivity contribution is 0.0686. The largest absolute Gasteiger partial charge is 0.476 e. The lowest BCUT2D eigenvalue weighted by atomic mass is 9.97. The van der Waals surface area contributed by atoms with Crippen molar-refractivity contribution in [3.8, 4) is 11.1 Å². The first-order valence-corrected chi connectivity index (χ1v) is 9.24. The van der Waals surface area contributed by atoms with Crippen LogP contribution in [0.2, 0.25) is 0 Å². The van der Waals surface area contributed by atoms with Gasteiger partial charge in [-0.1, -0.05) is 63.6 Å². The number of hydrogen-bond acceptors (Lipinski definition) is 1. The van der Waals surface area contributed by atoms with Gasteiger partial charge in [-0.2, -0.15) is 0 Å². The highest BCUT2D eigenvalue weighted by Gasteiger charge is 2.18. The number of aromatic carboxylic acids is 1. The number of hydrogen-bond donors (Lipinski definition) is 2. The van der Waals surface area contributed by atoms with Gasteiger partial charge in [-0.3, -0.25) is 0 Å². The van der Waals surface area contributed by atoms with Gasteiger partial charge in [0.15, 0.2) is 11.5 Å². The fraction of sp³-hybridized carbons (Fsp3) is 0.476. The number of aromatic nitrogens is 1. The van der Waals surface area contributed by atoms with Crippen LogP contribution in [-0.2, 0) is 6.42 Å². The van der Waals surface area contributed by atoms with Gasteiger partial charge in [-0.15, -0.1) is 0 Å². The second kappa shape index (κ2) is 9.40. The van der Waals surface area contributed by atoms with Crippen LogP contribution in [0.15, 0.2) is 24.4 Å². The summed E-state index contributed by atoms with van der Waals surface area (Å²) in [7, 11) is 0. The summed E-state index contributed by atoms with van der Waals surface area (Å²) >= 11 is 0. The Bertz CT molecular complexity index is 706. The van der Waals surface area contributed by atoms with Crippen LogP contribution in [0, 0.1) is 12.7 Å². The summed E-state index contributed by atoms with van der Waals surface area (Å²) in [5, 5.41) is 8.96. The molecule has 1 aromatic heterocycles. The van der Waals surface area contributed by atoms with Crippen molar-refractivity contribution < 1.29 is 14.3 Å². The molecule has 0 saturated heterocycles. The van der Waals surface area contributed by atoms with E-state index in [2.05, 4.69) is 18.0 Å². The first kappa shape index (κ1) is 19.2. The Hall–Kier alpha value is -2.10. The monoisotopic (exact) mass is 345 g/mol. The fourth-order valence-electron chi connectivity index (χ4n) is 3.23. The van der Waals surface area contributed by atoms with E-state index in [1.165, 1.54) is 56.7 Å². The van der Waals surface area contributed by atoms with E-state index in [0.717, 1.165) is 17.5 Å². The number of aryl methyl sites for hydroxylation is 2. The number of carbonyl (C=O) groups is 1. The predicted octanol–water partition coefficient (Wildman–Crippen LogP) is 6.12. The number of H-pyrrole nitrogens is 1. The Kier molecular flexibility index (Phi) is 7.23. The Morgan fingerprint density at radius 1 is 1.08 bits per heavy atom. The maximum Gasteiger partial charge on any atom is 0.355 e. The quantitative estimate of drug-likeness (QED) is 0.510. The van der Waals surface area contributed by atoms with Crippen molar-refractivity contribution in [2.24, 2.45) is 0 Å². The van der Waals surface area contributed by atoms with E-state index in [9.17, 15) is 9.18 Å². The van der Waals surface area contributed by atoms with Crippen molar-refractivity contribution in [2.75, 3.05) is 0 Å². The highest BCUT2D eigenvalue weighted by Crippen LogP contribution is 2.29. The third-order valence-corrected chi connectivity index (χ3v) is 4.68. The highest BCUT2D eigenvalue weighted by molar-refractivity contribution is 5.88. The number of carboxylic acids is 1. The van der Waals surface area contributed by atoms with Crippen LogP contribution in [0.1, 0.15) is 73.5 Å². The molecular formula is C21H28FNO2. The molecule has 0 saturated carbocycles. The first-order valence-electron chi connectivity index (χ1n) is 9.24. The number of rotatable bonds is 10. The van der Waals surface area contributed by atoms with Crippen LogP contribution < -0.4 is 0 Å². The van der Waals surface area contributed by atoms with Gasteiger partial charge in [-0.25, -0.2) is 9.18 Å². The predicted molar refractivity (Wildman–Crippen MR) is 99.6 cm³/mol. The summed E-state index contributed by atoms with van der Waals surface area (Å²) in [6.07, 6.45) is 11.5. The van der Waals surface area contributed by atoms with Crippen LogP contribution in [0.3, 0.4) is 0 Å². The number of carboxylic acid groups (broad SMARTS) is 1. The molecule has 0 fully saturated rings. The zero-order valence-electron chi connectivity index (χ0n) is 15.2. The maximum atomic E-state index is 14.2. The van der Waals surface area contributed by atoms with E-state index in [1.807, 2.05) is 19.1 Å². The molecule has 0 unspecified atom stereocenters. The summed E-state index contributed by atoms with van der Waals surface area (Å²) in [5.41, 5.74) is 2.89. The Balaban J connectivity index is 1.93. The van der Waals surface area contributed by atoms with Gasteiger partial charge in [0.1, 0.15) is 0 Å². The molecule has 0 radical (unpaired) electrons. The summed E-state index contributed by atoms with van der Waals surface area (Å²) < 4.78 is 14.2. The average Bonchev–Trinajstić information content (AvgIpc) is 2.96. The normalized spacial score (nSPS) is 11.0. The van der Waals surface area contributed by atoms with Gasteiger partial charge < -0.3 is 10.1 Å². The van der Waals surface area contributed by atoms with E-state index in [4.69, 9.17) is 5.11 Å². The first-order chi connectivity index (χ1) is 12.0. The highest BCUT2D eigenvalue weighted by atomic mass is 19.1. The molecule has 0 bridgehead atoms. The molecule has 2 rings (SSSR count). The molecule has 25 heavy (non-hydrogen) atoms. The molecule has 0 amide bonds. The lowest BCUT2D eigenvalue weighted by Gasteiger charge is -2.08. The van der Waals surface area contributed by atoms with Crippen molar-refractivity contribution in [1.29, 1.82) is 0 Å². The third kappa shape index (κ3) is 5.18. The minimum Gasteiger partial charge on any atom is -0.476 e.